The molecule has 0 radical (unpaired) electrons. The largest absolute Gasteiger partial charge is 0.355 e. The molecule has 0 aromatic carbocycles. The van der Waals surface area contributed by atoms with Gasteiger partial charge in [-0.05, 0) is 25.0 Å². The van der Waals surface area contributed by atoms with Crippen LogP contribution in [0.15, 0.2) is 29.2 Å². The van der Waals surface area contributed by atoms with Crippen LogP contribution < -0.4 is 10.2 Å². The van der Waals surface area contributed by atoms with E-state index in [1.165, 1.54) is 11.3 Å². The second-order valence-electron chi connectivity index (χ2n) is 5.90. The van der Waals surface area contributed by atoms with Gasteiger partial charge in [0.05, 0.1) is 12.1 Å². The molecule has 2 aromatic rings. The summed E-state index contributed by atoms with van der Waals surface area (Å²) in [4.78, 5) is 24.1. The lowest BCUT2D eigenvalue weighted by Gasteiger charge is -2.34. The minimum atomic E-state index is -0.168. The lowest BCUT2D eigenvalue weighted by molar-refractivity contribution is 0.198. The summed E-state index contributed by atoms with van der Waals surface area (Å²) in [6.45, 7) is 1.77. The van der Waals surface area contributed by atoms with E-state index in [1.54, 1.807) is 25.4 Å². The average Bonchev–Trinajstić information content (AvgIpc) is 3.15. The third-order valence-electron chi connectivity index (χ3n) is 4.16. The number of carbonyl (C=O) groups is 1. The summed E-state index contributed by atoms with van der Waals surface area (Å²) in [5, 5.41) is 15.9. The summed E-state index contributed by atoms with van der Waals surface area (Å²) >= 11 is 0. The zero-order valence-corrected chi connectivity index (χ0v) is 13.9. The molecular formula is C16H19N7O2. The highest BCUT2D eigenvalue weighted by atomic mass is 16.5. The van der Waals surface area contributed by atoms with Crippen molar-refractivity contribution in [2.45, 2.75) is 25.4 Å². The number of aromatic nitrogens is 3. The third-order valence-corrected chi connectivity index (χ3v) is 4.16. The molecule has 0 spiro atoms. The maximum atomic E-state index is 12.2. The molecule has 9 heteroatoms. The highest BCUT2D eigenvalue weighted by molar-refractivity contribution is 5.74. The number of piperidine rings is 1. The van der Waals surface area contributed by atoms with Crippen molar-refractivity contribution < 1.29 is 9.32 Å². The van der Waals surface area contributed by atoms with Gasteiger partial charge in [0.15, 0.2) is 5.82 Å². The van der Waals surface area contributed by atoms with Gasteiger partial charge in [0.1, 0.15) is 11.9 Å². The van der Waals surface area contributed by atoms with Crippen molar-refractivity contribution in [3.8, 4) is 6.07 Å². The molecule has 1 saturated heterocycles. The number of hydrogen-bond acceptors (Lipinski definition) is 7. The van der Waals surface area contributed by atoms with E-state index in [0.29, 0.717) is 23.8 Å². The molecule has 0 atom stereocenters. The molecule has 9 nitrogen and oxygen atoms in total. The number of rotatable bonds is 4. The monoisotopic (exact) mass is 341 g/mol. The van der Waals surface area contributed by atoms with Crippen molar-refractivity contribution in [3.05, 3.63) is 36.1 Å². The SMILES string of the molecule is CN(Cc1ncon1)C(=O)NC1CCN(c2ncccc2C#N)CC1. The Kier molecular flexibility index (Phi) is 5.09. The van der Waals surface area contributed by atoms with E-state index >= 15 is 0 Å². The Morgan fingerprint density at radius 1 is 1.48 bits per heavy atom. The van der Waals surface area contributed by atoms with E-state index in [2.05, 4.69) is 35.9 Å². The highest BCUT2D eigenvalue weighted by Crippen LogP contribution is 2.21. The quantitative estimate of drug-likeness (QED) is 0.887. The van der Waals surface area contributed by atoms with Crippen LogP contribution in [0.5, 0.6) is 0 Å². The van der Waals surface area contributed by atoms with Crippen molar-refractivity contribution in [2.75, 3.05) is 25.0 Å². The summed E-state index contributed by atoms with van der Waals surface area (Å²) in [6, 6.07) is 5.62. The van der Waals surface area contributed by atoms with Crippen LogP contribution in [-0.2, 0) is 6.54 Å². The average molecular weight is 341 g/mol. The van der Waals surface area contributed by atoms with Gasteiger partial charge in [0.25, 0.3) is 0 Å². The number of nitriles is 1. The first-order valence-corrected chi connectivity index (χ1v) is 8.04. The third kappa shape index (κ3) is 4.03. The smallest absolute Gasteiger partial charge is 0.317 e. The minimum Gasteiger partial charge on any atom is -0.355 e. The molecule has 3 rings (SSSR count). The maximum absolute atomic E-state index is 12.2. The van der Waals surface area contributed by atoms with E-state index in [0.717, 1.165) is 25.9 Å². The van der Waals surface area contributed by atoms with Gasteiger partial charge in [-0.1, -0.05) is 5.16 Å². The topological polar surface area (TPSA) is 111 Å². The summed E-state index contributed by atoms with van der Waals surface area (Å²) in [5.41, 5.74) is 0.574. The number of amides is 2. The van der Waals surface area contributed by atoms with Crippen LogP contribution >= 0.6 is 0 Å². The lowest BCUT2D eigenvalue weighted by Crippen LogP contribution is -2.48. The van der Waals surface area contributed by atoms with Crippen LogP contribution in [0.25, 0.3) is 0 Å². The molecule has 1 fully saturated rings. The van der Waals surface area contributed by atoms with E-state index in [4.69, 9.17) is 0 Å². The van der Waals surface area contributed by atoms with Crippen LogP contribution in [0, 0.1) is 11.3 Å². The molecule has 1 N–H and O–H groups in total. The van der Waals surface area contributed by atoms with E-state index < -0.39 is 0 Å². The Morgan fingerprint density at radius 3 is 2.96 bits per heavy atom. The van der Waals surface area contributed by atoms with Gasteiger partial charge in [-0.15, -0.1) is 0 Å². The number of nitrogens with zero attached hydrogens (tertiary/aromatic N) is 6. The summed E-state index contributed by atoms with van der Waals surface area (Å²) in [5.74, 6) is 1.18. The van der Waals surface area contributed by atoms with Crippen molar-refractivity contribution in [1.29, 1.82) is 5.26 Å². The number of urea groups is 1. The predicted octanol–water partition coefficient (Wildman–Crippen LogP) is 1.15. The van der Waals surface area contributed by atoms with Crippen LogP contribution in [0.1, 0.15) is 24.2 Å². The van der Waals surface area contributed by atoms with Crippen LogP contribution in [0.4, 0.5) is 10.6 Å². The molecular weight excluding hydrogens is 322 g/mol. The Labute approximate surface area is 145 Å². The highest BCUT2D eigenvalue weighted by Gasteiger charge is 2.24. The second-order valence-corrected chi connectivity index (χ2v) is 5.90. The normalized spacial score (nSPS) is 14.8. The zero-order valence-electron chi connectivity index (χ0n) is 13.9. The Balaban J connectivity index is 1.51. The Hall–Kier alpha value is -3.15. The maximum Gasteiger partial charge on any atom is 0.317 e. The number of nitrogens with one attached hydrogen (secondary N) is 1. The summed E-state index contributed by atoms with van der Waals surface area (Å²) in [6.07, 6.45) is 4.52. The first-order chi connectivity index (χ1) is 12.2. The fourth-order valence-electron chi connectivity index (χ4n) is 2.80. The van der Waals surface area contributed by atoms with Crippen molar-refractivity contribution in [1.82, 2.24) is 25.3 Å². The van der Waals surface area contributed by atoms with Gasteiger partial charge < -0.3 is 19.6 Å². The minimum absolute atomic E-state index is 0.0886. The first kappa shape index (κ1) is 16.7. The molecule has 0 saturated carbocycles. The molecule has 0 unspecified atom stereocenters. The van der Waals surface area contributed by atoms with Crippen LogP contribution in [-0.4, -0.2) is 52.2 Å². The van der Waals surface area contributed by atoms with Crippen molar-refractivity contribution in [3.63, 3.8) is 0 Å². The lowest BCUT2D eigenvalue weighted by atomic mass is 10.0. The molecule has 0 aliphatic carbocycles. The molecule has 1 aliphatic rings. The number of anilines is 1. The first-order valence-electron chi connectivity index (χ1n) is 8.04. The molecule has 2 aromatic heterocycles. The van der Waals surface area contributed by atoms with E-state index in [9.17, 15) is 10.1 Å². The molecule has 25 heavy (non-hydrogen) atoms. The standard InChI is InChI=1S/C16H19N7O2/c1-22(10-14-19-11-25-21-14)16(24)20-13-4-7-23(8-5-13)15-12(9-17)3-2-6-18-15/h2-3,6,11,13H,4-5,7-8,10H2,1H3,(H,20,24). The van der Waals surface area contributed by atoms with E-state index in [1.807, 2.05) is 0 Å². The van der Waals surface area contributed by atoms with Gasteiger partial charge in [-0.3, -0.25) is 0 Å². The van der Waals surface area contributed by atoms with Gasteiger partial charge in [-0.2, -0.15) is 10.2 Å². The van der Waals surface area contributed by atoms with Gasteiger partial charge in [0.2, 0.25) is 6.39 Å². The zero-order chi connectivity index (χ0) is 17.6. The number of pyridine rings is 1. The van der Waals surface area contributed by atoms with Gasteiger partial charge in [0, 0.05) is 32.4 Å². The molecule has 130 valence electrons. The predicted molar refractivity (Wildman–Crippen MR) is 88.5 cm³/mol. The molecule has 1 aliphatic heterocycles. The van der Waals surface area contributed by atoms with Gasteiger partial charge in [-0.25, -0.2) is 9.78 Å². The van der Waals surface area contributed by atoms with Crippen LogP contribution in [0.2, 0.25) is 0 Å². The Morgan fingerprint density at radius 2 is 2.28 bits per heavy atom. The fourth-order valence-corrected chi connectivity index (χ4v) is 2.80. The molecule has 2 amide bonds. The molecule has 3 heterocycles. The number of hydrogen-bond donors (Lipinski definition) is 1. The van der Waals surface area contributed by atoms with Gasteiger partial charge >= 0.3 is 6.03 Å². The number of carbonyl (C=O) groups excluding carboxylic acids is 1. The second kappa shape index (κ2) is 7.61. The van der Waals surface area contributed by atoms with Crippen molar-refractivity contribution in [2.24, 2.45) is 0 Å². The fraction of sp³-hybridized carbons (Fsp3) is 0.438. The van der Waals surface area contributed by atoms with E-state index in [-0.39, 0.29) is 12.1 Å². The summed E-state index contributed by atoms with van der Waals surface area (Å²) < 4.78 is 4.66. The van der Waals surface area contributed by atoms with Crippen molar-refractivity contribution >= 4 is 11.8 Å². The summed E-state index contributed by atoms with van der Waals surface area (Å²) in [7, 11) is 1.69. The molecule has 0 bridgehead atoms. The van der Waals surface area contributed by atoms with Crippen LogP contribution in [0.3, 0.4) is 0 Å². The Bertz CT molecular complexity index is 748.